The van der Waals surface area contributed by atoms with Gasteiger partial charge in [0.05, 0.1) is 12.7 Å². The summed E-state index contributed by atoms with van der Waals surface area (Å²) in [6, 6.07) is 0. The summed E-state index contributed by atoms with van der Waals surface area (Å²) in [5.41, 5.74) is 0. The van der Waals surface area contributed by atoms with Gasteiger partial charge < -0.3 is 14.6 Å². The highest BCUT2D eigenvalue weighted by Crippen LogP contribution is 2.03. The smallest absolute Gasteiger partial charge is 0.332 e. The van der Waals surface area contributed by atoms with Crippen LogP contribution in [0.1, 0.15) is 20.3 Å². The lowest BCUT2D eigenvalue weighted by Crippen LogP contribution is -2.29. The molecule has 0 fully saturated rings. The fourth-order valence-corrected chi connectivity index (χ4v) is 0.883. The first-order chi connectivity index (χ1) is 5.61. The fraction of sp³-hybridized carbons (Fsp3) is 0.875. The summed E-state index contributed by atoms with van der Waals surface area (Å²) in [6.45, 7) is 3.98. The zero-order chi connectivity index (χ0) is 9.56. The third kappa shape index (κ3) is 4.31. The van der Waals surface area contributed by atoms with Crippen LogP contribution in [0.15, 0.2) is 0 Å². The van der Waals surface area contributed by atoms with Crippen LogP contribution in [0.25, 0.3) is 0 Å². The molecule has 0 aromatic carbocycles. The Bertz CT molecular complexity index is 135. The molecule has 0 rings (SSSR count). The molecule has 0 bridgehead atoms. The normalized spacial score (nSPS) is 15.6. The highest BCUT2D eigenvalue weighted by atomic mass is 16.5. The zero-order valence-corrected chi connectivity index (χ0v) is 7.74. The lowest BCUT2D eigenvalue weighted by molar-refractivity contribution is -0.155. The van der Waals surface area contributed by atoms with Crippen LogP contribution in [0.2, 0.25) is 0 Å². The topological polar surface area (TPSA) is 55.8 Å². The number of carboxylic acids is 1. The van der Waals surface area contributed by atoms with Crippen LogP contribution in [0, 0.1) is 0 Å². The lowest BCUT2D eigenvalue weighted by Gasteiger charge is -2.16. The van der Waals surface area contributed by atoms with Crippen molar-refractivity contribution in [3.8, 4) is 0 Å². The van der Waals surface area contributed by atoms with Crippen molar-refractivity contribution in [1.82, 2.24) is 0 Å². The number of carbonyl (C=O) groups is 1. The van der Waals surface area contributed by atoms with Crippen molar-refractivity contribution in [2.45, 2.75) is 32.5 Å². The molecular weight excluding hydrogens is 160 g/mol. The molecule has 0 saturated heterocycles. The number of ether oxygens (including phenoxy) is 2. The molecule has 0 amide bonds. The van der Waals surface area contributed by atoms with Gasteiger partial charge >= 0.3 is 5.97 Å². The molecule has 0 aliphatic rings. The highest BCUT2D eigenvalue weighted by molar-refractivity contribution is 5.72. The molecule has 2 atom stereocenters. The Labute approximate surface area is 72.5 Å². The standard InChI is InChI=1S/C8H16O4/c1-4-7(8(9)10)12-6(2)5-11-3/h6-7H,4-5H2,1-3H3,(H,9,10). The summed E-state index contributed by atoms with van der Waals surface area (Å²) >= 11 is 0. The molecule has 0 heterocycles. The van der Waals surface area contributed by atoms with E-state index in [0.717, 1.165) is 0 Å². The SMILES string of the molecule is CCC(OC(C)COC)C(=O)O. The second-order valence-electron chi connectivity index (χ2n) is 2.64. The molecule has 0 aromatic rings. The van der Waals surface area contributed by atoms with Gasteiger partial charge in [-0.2, -0.15) is 0 Å². The van der Waals surface area contributed by atoms with Gasteiger partial charge in [-0.15, -0.1) is 0 Å². The summed E-state index contributed by atoms with van der Waals surface area (Å²) in [6.07, 6.45) is -0.408. The first-order valence-corrected chi connectivity index (χ1v) is 3.99. The molecule has 0 saturated carbocycles. The number of methoxy groups -OCH3 is 1. The second-order valence-corrected chi connectivity index (χ2v) is 2.64. The van der Waals surface area contributed by atoms with E-state index >= 15 is 0 Å². The number of aliphatic carboxylic acids is 1. The summed E-state index contributed by atoms with van der Waals surface area (Å²) in [7, 11) is 1.56. The Morgan fingerprint density at radius 3 is 2.50 bits per heavy atom. The van der Waals surface area contributed by atoms with Gasteiger partial charge in [0.15, 0.2) is 6.10 Å². The third-order valence-corrected chi connectivity index (χ3v) is 1.44. The molecule has 2 unspecified atom stereocenters. The zero-order valence-electron chi connectivity index (χ0n) is 7.74. The number of rotatable bonds is 6. The van der Waals surface area contributed by atoms with E-state index in [9.17, 15) is 4.79 Å². The molecule has 0 spiro atoms. The maximum absolute atomic E-state index is 10.5. The Morgan fingerprint density at radius 1 is 1.58 bits per heavy atom. The van der Waals surface area contributed by atoms with E-state index in [2.05, 4.69) is 0 Å². The summed E-state index contributed by atoms with van der Waals surface area (Å²) in [5.74, 6) is -0.916. The first kappa shape index (κ1) is 11.4. The van der Waals surface area contributed by atoms with Crippen LogP contribution >= 0.6 is 0 Å². The van der Waals surface area contributed by atoms with Crippen LogP contribution in [-0.4, -0.2) is 37.0 Å². The summed E-state index contributed by atoms with van der Waals surface area (Å²) in [5, 5.41) is 8.62. The highest BCUT2D eigenvalue weighted by Gasteiger charge is 2.18. The minimum Gasteiger partial charge on any atom is -0.479 e. The van der Waals surface area contributed by atoms with Gasteiger partial charge in [0.2, 0.25) is 0 Å². The van der Waals surface area contributed by atoms with E-state index in [-0.39, 0.29) is 6.10 Å². The Kier molecular flexibility index (Phi) is 5.66. The molecule has 0 aliphatic carbocycles. The van der Waals surface area contributed by atoms with Crippen molar-refractivity contribution >= 4 is 5.97 Å². The van der Waals surface area contributed by atoms with Gasteiger partial charge in [-0.1, -0.05) is 6.92 Å². The molecule has 12 heavy (non-hydrogen) atoms. The fourth-order valence-electron chi connectivity index (χ4n) is 0.883. The van der Waals surface area contributed by atoms with E-state index < -0.39 is 12.1 Å². The van der Waals surface area contributed by atoms with Crippen molar-refractivity contribution in [2.75, 3.05) is 13.7 Å². The van der Waals surface area contributed by atoms with Gasteiger partial charge in [-0.05, 0) is 13.3 Å². The van der Waals surface area contributed by atoms with E-state index in [1.807, 2.05) is 0 Å². The Morgan fingerprint density at radius 2 is 2.17 bits per heavy atom. The summed E-state index contributed by atoms with van der Waals surface area (Å²) < 4.78 is 9.99. The molecule has 4 nitrogen and oxygen atoms in total. The molecule has 1 N–H and O–H groups in total. The van der Waals surface area contributed by atoms with E-state index in [4.69, 9.17) is 14.6 Å². The molecule has 4 heteroatoms. The van der Waals surface area contributed by atoms with Crippen LogP contribution in [0.4, 0.5) is 0 Å². The number of hydrogen-bond acceptors (Lipinski definition) is 3. The molecule has 0 aliphatic heterocycles. The quantitative estimate of drug-likeness (QED) is 0.653. The van der Waals surface area contributed by atoms with Crippen molar-refractivity contribution < 1.29 is 19.4 Å². The maximum Gasteiger partial charge on any atom is 0.332 e. The van der Waals surface area contributed by atoms with Crippen LogP contribution in [0.3, 0.4) is 0 Å². The number of hydrogen-bond donors (Lipinski definition) is 1. The van der Waals surface area contributed by atoms with Gasteiger partial charge in [0, 0.05) is 7.11 Å². The van der Waals surface area contributed by atoms with Crippen LogP contribution in [0.5, 0.6) is 0 Å². The second kappa shape index (κ2) is 5.97. The Balaban J connectivity index is 3.77. The van der Waals surface area contributed by atoms with E-state index in [1.54, 1.807) is 21.0 Å². The lowest BCUT2D eigenvalue weighted by atomic mass is 10.3. The van der Waals surface area contributed by atoms with Gasteiger partial charge in [-0.3, -0.25) is 0 Å². The van der Waals surface area contributed by atoms with Crippen molar-refractivity contribution in [3.05, 3.63) is 0 Å². The monoisotopic (exact) mass is 176 g/mol. The Hall–Kier alpha value is -0.610. The minimum atomic E-state index is -0.916. The first-order valence-electron chi connectivity index (χ1n) is 3.99. The third-order valence-electron chi connectivity index (χ3n) is 1.44. The largest absolute Gasteiger partial charge is 0.479 e. The van der Waals surface area contributed by atoms with Gasteiger partial charge in [0.25, 0.3) is 0 Å². The average Bonchev–Trinajstić information content (AvgIpc) is 2.00. The molecule has 72 valence electrons. The van der Waals surface area contributed by atoms with Gasteiger partial charge in [-0.25, -0.2) is 4.79 Å². The summed E-state index contributed by atoms with van der Waals surface area (Å²) in [4.78, 5) is 10.5. The minimum absolute atomic E-state index is 0.170. The van der Waals surface area contributed by atoms with E-state index in [0.29, 0.717) is 13.0 Å². The predicted molar refractivity (Wildman–Crippen MR) is 44.1 cm³/mol. The average molecular weight is 176 g/mol. The molecular formula is C8H16O4. The predicted octanol–water partition coefficient (Wildman–Crippen LogP) is 0.901. The van der Waals surface area contributed by atoms with Crippen LogP contribution in [-0.2, 0) is 14.3 Å². The molecule has 0 aromatic heterocycles. The van der Waals surface area contributed by atoms with Crippen LogP contribution < -0.4 is 0 Å². The van der Waals surface area contributed by atoms with Crippen molar-refractivity contribution in [3.63, 3.8) is 0 Å². The van der Waals surface area contributed by atoms with E-state index in [1.165, 1.54) is 0 Å². The maximum atomic E-state index is 10.5. The van der Waals surface area contributed by atoms with Crippen molar-refractivity contribution in [1.29, 1.82) is 0 Å². The number of carboxylic acid groups (broad SMARTS) is 1. The van der Waals surface area contributed by atoms with Gasteiger partial charge in [0.1, 0.15) is 0 Å². The molecule has 0 radical (unpaired) electrons. The van der Waals surface area contributed by atoms with Crippen molar-refractivity contribution in [2.24, 2.45) is 0 Å².